The number of rotatable bonds is 4. The molecule has 0 saturated heterocycles. The Bertz CT molecular complexity index is 335. The van der Waals surface area contributed by atoms with E-state index in [9.17, 15) is 5.11 Å². The van der Waals surface area contributed by atoms with Crippen molar-refractivity contribution in [3.05, 3.63) is 28.3 Å². The Morgan fingerprint density at radius 2 is 2.13 bits per heavy atom. The van der Waals surface area contributed by atoms with Crippen LogP contribution in [0.25, 0.3) is 0 Å². The molecule has 0 aliphatic rings. The van der Waals surface area contributed by atoms with Crippen molar-refractivity contribution in [2.24, 2.45) is 0 Å². The quantitative estimate of drug-likeness (QED) is 0.859. The van der Waals surface area contributed by atoms with Gasteiger partial charge in [0.2, 0.25) is 0 Å². The van der Waals surface area contributed by atoms with Crippen LogP contribution >= 0.6 is 11.6 Å². The van der Waals surface area contributed by atoms with E-state index < -0.39 is 0 Å². The van der Waals surface area contributed by atoms with Gasteiger partial charge in [-0.05, 0) is 37.0 Å². The van der Waals surface area contributed by atoms with E-state index in [1.165, 1.54) is 0 Å². The van der Waals surface area contributed by atoms with E-state index >= 15 is 0 Å². The topological polar surface area (TPSA) is 29.5 Å². The monoisotopic (exact) mass is 228 g/mol. The van der Waals surface area contributed by atoms with Crippen molar-refractivity contribution in [1.29, 1.82) is 0 Å². The van der Waals surface area contributed by atoms with Gasteiger partial charge in [-0.1, -0.05) is 24.6 Å². The standard InChI is InChI=1S/C12H17ClO2/c1-4-10-6-9(5-8(2)14)7-11(13)12(10)15-3/h6-8,14H,4-5H2,1-3H3. The first-order valence-corrected chi connectivity index (χ1v) is 5.49. The second-order valence-corrected chi connectivity index (χ2v) is 4.08. The first-order valence-electron chi connectivity index (χ1n) is 5.11. The van der Waals surface area contributed by atoms with E-state index in [-0.39, 0.29) is 6.10 Å². The van der Waals surface area contributed by atoms with E-state index in [4.69, 9.17) is 16.3 Å². The molecule has 0 amide bonds. The summed E-state index contributed by atoms with van der Waals surface area (Å²) in [6.45, 7) is 3.82. The van der Waals surface area contributed by atoms with Crippen LogP contribution in [-0.2, 0) is 12.8 Å². The third kappa shape index (κ3) is 3.11. The van der Waals surface area contributed by atoms with Crippen LogP contribution in [0.3, 0.4) is 0 Å². The second-order valence-electron chi connectivity index (χ2n) is 3.68. The Labute approximate surface area is 95.8 Å². The number of hydrogen-bond donors (Lipinski definition) is 1. The van der Waals surface area contributed by atoms with Crippen LogP contribution in [0.2, 0.25) is 5.02 Å². The lowest BCUT2D eigenvalue weighted by Gasteiger charge is -2.12. The van der Waals surface area contributed by atoms with Crippen molar-refractivity contribution >= 4 is 11.6 Å². The number of methoxy groups -OCH3 is 1. The molecule has 3 heteroatoms. The fraction of sp³-hybridized carbons (Fsp3) is 0.500. The summed E-state index contributed by atoms with van der Waals surface area (Å²) in [5.74, 6) is 0.744. The third-order valence-electron chi connectivity index (χ3n) is 2.30. The van der Waals surface area contributed by atoms with Gasteiger partial charge in [0.15, 0.2) is 0 Å². The van der Waals surface area contributed by atoms with E-state index in [0.717, 1.165) is 23.3 Å². The summed E-state index contributed by atoms with van der Waals surface area (Å²) in [5.41, 5.74) is 2.13. The molecule has 1 unspecified atom stereocenters. The first-order chi connectivity index (χ1) is 7.08. The maximum Gasteiger partial charge on any atom is 0.140 e. The van der Waals surface area contributed by atoms with Gasteiger partial charge in [0, 0.05) is 0 Å². The van der Waals surface area contributed by atoms with Crippen molar-refractivity contribution in [2.45, 2.75) is 32.8 Å². The average Bonchev–Trinajstić information content (AvgIpc) is 2.15. The molecule has 0 radical (unpaired) electrons. The number of hydrogen-bond acceptors (Lipinski definition) is 2. The molecule has 1 rings (SSSR count). The number of benzene rings is 1. The van der Waals surface area contributed by atoms with Gasteiger partial charge in [0.1, 0.15) is 5.75 Å². The Hall–Kier alpha value is -0.730. The molecular formula is C12H17ClO2. The largest absolute Gasteiger partial charge is 0.495 e. The molecule has 1 aromatic carbocycles. The molecule has 84 valence electrons. The van der Waals surface area contributed by atoms with Gasteiger partial charge in [0.25, 0.3) is 0 Å². The van der Waals surface area contributed by atoms with Gasteiger partial charge in [-0.3, -0.25) is 0 Å². The molecule has 1 aromatic rings. The molecule has 0 aromatic heterocycles. The maximum atomic E-state index is 9.31. The van der Waals surface area contributed by atoms with Gasteiger partial charge >= 0.3 is 0 Å². The fourth-order valence-corrected chi connectivity index (χ4v) is 2.00. The van der Waals surface area contributed by atoms with Crippen LogP contribution in [0.15, 0.2) is 12.1 Å². The zero-order chi connectivity index (χ0) is 11.4. The summed E-state index contributed by atoms with van der Waals surface area (Å²) in [5, 5.41) is 9.93. The molecule has 0 saturated carbocycles. The number of halogens is 1. The lowest BCUT2D eigenvalue weighted by atomic mass is 10.0. The van der Waals surface area contributed by atoms with Gasteiger partial charge in [-0.15, -0.1) is 0 Å². The molecule has 0 bridgehead atoms. The summed E-state index contributed by atoms with van der Waals surface area (Å²) < 4.78 is 5.23. The Kier molecular flexibility index (Phi) is 4.43. The molecule has 1 N–H and O–H groups in total. The lowest BCUT2D eigenvalue weighted by Crippen LogP contribution is -2.05. The molecule has 1 atom stereocenters. The molecule has 0 heterocycles. The van der Waals surface area contributed by atoms with Crippen molar-refractivity contribution in [3.8, 4) is 5.75 Å². The number of ether oxygens (including phenoxy) is 1. The van der Waals surface area contributed by atoms with Gasteiger partial charge in [-0.2, -0.15) is 0 Å². The number of aliphatic hydroxyl groups excluding tert-OH is 1. The number of aryl methyl sites for hydroxylation is 1. The van der Waals surface area contributed by atoms with E-state index in [2.05, 4.69) is 6.92 Å². The third-order valence-corrected chi connectivity index (χ3v) is 2.58. The Morgan fingerprint density at radius 3 is 2.60 bits per heavy atom. The summed E-state index contributed by atoms with van der Waals surface area (Å²) in [6, 6.07) is 3.89. The zero-order valence-corrected chi connectivity index (χ0v) is 10.1. The molecule has 2 nitrogen and oxygen atoms in total. The minimum Gasteiger partial charge on any atom is -0.495 e. The molecule has 15 heavy (non-hydrogen) atoms. The summed E-state index contributed by atoms with van der Waals surface area (Å²) >= 11 is 6.09. The lowest BCUT2D eigenvalue weighted by molar-refractivity contribution is 0.195. The summed E-state index contributed by atoms with van der Waals surface area (Å²) in [6.07, 6.45) is 1.15. The highest BCUT2D eigenvalue weighted by Gasteiger charge is 2.09. The Morgan fingerprint density at radius 1 is 1.47 bits per heavy atom. The minimum absolute atomic E-state index is 0.348. The van der Waals surface area contributed by atoms with Crippen LogP contribution in [0.1, 0.15) is 25.0 Å². The molecule has 0 spiro atoms. The van der Waals surface area contributed by atoms with Crippen molar-refractivity contribution in [2.75, 3.05) is 7.11 Å². The van der Waals surface area contributed by atoms with Gasteiger partial charge in [-0.25, -0.2) is 0 Å². The zero-order valence-electron chi connectivity index (χ0n) is 9.38. The van der Waals surface area contributed by atoms with Crippen LogP contribution in [0.4, 0.5) is 0 Å². The van der Waals surface area contributed by atoms with Crippen LogP contribution in [0.5, 0.6) is 5.75 Å². The number of aliphatic hydroxyl groups is 1. The van der Waals surface area contributed by atoms with E-state index in [1.54, 1.807) is 14.0 Å². The normalized spacial score (nSPS) is 12.6. The van der Waals surface area contributed by atoms with Crippen LogP contribution in [-0.4, -0.2) is 18.3 Å². The second kappa shape index (κ2) is 5.38. The van der Waals surface area contributed by atoms with Gasteiger partial charge < -0.3 is 9.84 Å². The predicted octanol–water partition coefficient (Wildman–Crippen LogP) is 2.83. The van der Waals surface area contributed by atoms with Crippen molar-refractivity contribution in [1.82, 2.24) is 0 Å². The SMILES string of the molecule is CCc1cc(CC(C)O)cc(Cl)c1OC. The van der Waals surface area contributed by atoms with Crippen LogP contribution in [0, 0.1) is 0 Å². The van der Waals surface area contributed by atoms with Crippen molar-refractivity contribution in [3.63, 3.8) is 0 Å². The molecule has 0 fully saturated rings. The fourth-order valence-electron chi connectivity index (χ4n) is 1.66. The van der Waals surface area contributed by atoms with Gasteiger partial charge in [0.05, 0.1) is 18.2 Å². The highest BCUT2D eigenvalue weighted by Crippen LogP contribution is 2.30. The highest BCUT2D eigenvalue weighted by molar-refractivity contribution is 6.32. The maximum absolute atomic E-state index is 9.31. The summed E-state index contributed by atoms with van der Waals surface area (Å²) in [4.78, 5) is 0. The molecule has 0 aliphatic heterocycles. The minimum atomic E-state index is -0.348. The Balaban J connectivity index is 3.08. The van der Waals surface area contributed by atoms with E-state index in [1.807, 2.05) is 12.1 Å². The van der Waals surface area contributed by atoms with E-state index in [0.29, 0.717) is 11.4 Å². The first kappa shape index (κ1) is 12.3. The molecular weight excluding hydrogens is 212 g/mol. The van der Waals surface area contributed by atoms with Crippen molar-refractivity contribution < 1.29 is 9.84 Å². The molecule has 0 aliphatic carbocycles. The summed E-state index contributed by atoms with van der Waals surface area (Å²) in [7, 11) is 1.62. The highest BCUT2D eigenvalue weighted by atomic mass is 35.5. The smallest absolute Gasteiger partial charge is 0.140 e. The average molecular weight is 229 g/mol. The predicted molar refractivity (Wildman–Crippen MR) is 62.8 cm³/mol. The van der Waals surface area contributed by atoms with Crippen LogP contribution < -0.4 is 4.74 Å².